The minimum atomic E-state index is -3.86. The molecule has 0 spiro atoms. The predicted molar refractivity (Wildman–Crippen MR) is 73.4 cm³/mol. The number of carboxylic acids is 1. The standard InChI is InChI=1S/C12H19N3O5S/c1-9(12(16)17)14(2)21(18,19)11-7-13-15(8-11)10-3-5-20-6-4-10/h7-10H,3-6H2,1-2H3,(H,16,17). The summed E-state index contributed by atoms with van der Waals surface area (Å²) in [5, 5.41) is 13.0. The highest BCUT2D eigenvalue weighted by atomic mass is 32.2. The number of hydrogen-bond acceptors (Lipinski definition) is 5. The van der Waals surface area contributed by atoms with Crippen LogP contribution in [0.1, 0.15) is 25.8 Å². The molecule has 8 nitrogen and oxygen atoms in total. The molecule has 118 valence electrons. The highest BCUT2D eigenvalue weighted by molar-refractivity contribution is 7.89. The van der Waals surface area contributed by atoms with Crippen molar-refractivity contribution in [2.75, 3.05) is 20.3 Å². The van der Waals surface area contributed by atoms with Gasteiger partial charge in [0.15, 0.2) is 0 Å². The molecule has 1 aliphatic rings. The Balaban J connectivity index is 2.21. The molecule has 1 N–H and O–H groups in total. The number of likely N-dealkylation sites (N-methyl/N-ethyl adjacent to an activating group) is 1. The average molecular weight is 317 g/mol. The van der Waals surface area contributed by atoms with Crippen LogP contribution in [0.25, 0.3) is 0 Å². The summed E-state index contributed by atoms with van der Waals surface area (Å²) in [7, 11) is -2.61. The number of hydrogen-bond donors (Lipinski definition) is 1. The second-order valence-electron chi connectivity index (χ2n) is 5.04. The van der Waals surface area contributed by atoms with Gasteiger partial charge < -0.3 is 9.84 Å². The lowest BCUT2D eigenvalue weighted by Gasteiger charge is -2.22. The van der Waals surface area contributed by atoms with Crippen molar-refractivity contribution in [3.05, 3.63) is 12.4 Å². The molecule has 21 heavy (non-hydrogen) atoms. The van der Waals surface area contributed by atoms with Gasteiger partial charge in [-0.3, -0.25) is 9.48 Å². The lowest BCUT2D eigenvalue weighted by Crippen LogP contribution is -2.40. The maximum atomic E-state index is 12.4. The summed E-state index contributed by atoms with van der Waals surface area (Å²) in [6.07, 6.45) is 4.28. The summed E-state index contributed by atoms with van der Waals surface area (Å²) in [4.78, 5) is 10.9. The summed E-state index contributed by atoms with van der Waals surface area (Å²) < 4.78 is 32.4. The van der Waals surface area contributed by atoms with Crippen LogP contribution >= 0.6 is 0 Å². The first-order valence-corrected chi connectivity index (χ1v) is 8.11. The van der Waals surface area contributed by atoms with Crippen LogP contribution in [0.3, 0.4) is 0 Å². The first-order chi connectivity index (χ1) is 9.84. The normalized spacial score (nSPS) is 18.8. The van der Waals surface area contributed by atoms with Gasteiger partial charge >= 0.3 is 5.97 Å². The fourth-order valence-electron chi connectivity index (χ4n) is 2.13. The fourth-order valence-corrected chi connectivity index (χ4v) is 3.39. The SMILES string of the molecule is CC(C(=O)O)N(C)S(=O)(=O)c1cnn(C2CCOCC2)c1. The van der Waals surface area contributed by atoms with E-state index in [0.29, 0.717) is 13.2 Å². The lowest BCUT2D eigenvalue weighted by atomic mass is 10.1. The molecule has 0 saturated carbocycles. The molecule has 1 saturated heterocycles. The highest BCUT2D eigenvalue weighted by Crippen LogP contribution is 2.23. The van der Waals surface area contributed by atoms with Gasteiger partial charge in [-0.15, -0.1) is 0 Å². The van der Waals surface area contributed by atoms with Crippen molar-refractivity contribution in [1.29, 1.82) is 0 Å². The molecule has 0 amide bonds. The molecule has 0 aromatic carbocycles. The van der Waals surface area contributed by atoms with Crippen molar-refractivity contribution in [2.24, 2.45) is 0 Å². The smallest absolute Gasteiger partial charge is 0.321 e. The molecule has 1 unspecified atom stereocenters. The van der Waals surface area contributed by atoms with Crippen LogP contribution in [0.15, 0.2) is 17.3 Å². The van der Waals surface area contributed by atoms with Gasteiger partial charge in [0, 0.05) is 26.5 Å². The minimum Gasteiger partial charge on any atom is -0.480 e. The highest BCUT2D eigenvalue weighted by Gasteiger charge is 2.31. The summed E-state index contributed by atoms with van der Waals surface area (Å²) in [5.41, 5.74) is 0. The molecular weight excluding hydrogens is 298 g/mol. The number of sulfonamides is 1. The number of carboxylic acid groups (broad SMARTS) is 1. The second kappa shape index (κ2) is 6.12. The molecule has 2 rings (SSSR count). The van der Waals surface area contributed by atoms with E-state index in [9.17, 15) is 13.2 Å². The molecule has 1 aromatic heterocycles. The molecule has 0 radical (unpaired) electrons. The number of carbonyl (C=O) groups is 1. The van der Waals surface area contributed by atoms with Gasteiger partial charge in [-0.25, -0.2) is 8.42 Å². The third kappa shape index (κ3) is 3.25. The number of nitrogens with zero attached hydrogens (tertiary/aromatic N) is 3. The number of aromatic nitrogens is 2. The van der Waals surface area contributed by atoms with Crippen LogP contribution in [0.2, 0.25) is 0 Å². The summed E-state index contributed by atoms with van der Waals surface area (Å²) in [6.45, 7) is 2.58. The Bertz CT molecular complexity index is 606. The van der Waals surface area contributed by atoms with Crippen molar-refractivity contribution in [1.82, 2.24) is 14.1 Å². The average Bonchev–Trinajstić information content (AvgIpc) is 2.97. The zero-order chi connectivity index (χ0) is 15.6. The van der Waals surface area contributed by atoms with Crippen LogP contribution in [0.5, 0.6) is 0 Å². The Labute approximate surface area is 123 Å². The molecule has 9 heteroatoms. The van der Waals surface area contributed by atoms with Crippen LogP contribution < -0.4 is 0 Å². The number of aliphatic carboxylic acids is 1. The molecule has 1 fully saturated rings. The van der Waals surface area contributed by atoms with Crippen LogP contribution in [0, 0.1) is 0 Å². The zero-order valence-corrected chi connectivity index (χ0v) is 12.8. The molecule has 1 atom stereocenters. The fraction of sp³-hybridized carbons (Fsp3) is 0.667. The van der Waals surface area contributed by atoms with Gasteiger partial charge in [0.1, 0.15) is 10.9 Å². The number of rotatable bonds is 5. The van der Waals surface area contributed by atoms with Crippen LogP contribution in [-0.4, -0.2) is 59.9 Å². The third-order valence-electron chi connectivity index (χ3n) is 3.72. The molecule has 1 aromatic rings. The van der Waals surface area contributed by atoms with E-state index in [1.807, 2.05) is 0 Å². The Morgan fingerprint density at radius 2 is 2.14 bits per heavy atom. The van der Waals surface area contributed by atoms with Gasteiger partial charge in [-0.2, -0.15) is 9.40 Å². The van der Waals surface area contributed by atoms with E-state index in [1.54, 1.807) is 4.68 Å². The van der Waals surface area contributed by atoms with E-state index >= 15 is 0 Å². The van der Waals surface area contributed by atoms with Crippen LogP contribution in [-0.2, 0) is 19.6 Å². The quantitative estimate of drug-likeness (QED) is 0.839. The van der Waals surface area contributed by atoms with Crippen molar-refractivity contribution < 1.29 is 23.1 Å². The Morgan fingerprint density at radius 3 is 2.71 bits per heavy atom. The van der Waals surface area contributed by atoms with Gasteiger partial charge in [0.05, 0.1) is 12.2 Å². The lowest BCUT2D eigenvalue weighted by molar-refractivity contribution is -0.140. The minimum absolute atomic E-state index is 0.00425. The van der Waals surface area contributed by atoms with E-state index in [2.05, 4.69) is 5.10 Å². The Hall–Kier alpha value is -1.45. The molecule has 1 aliphatic heterocycles. The summed E-state index contributed by atoms with van der Waals surface area (Å²) >= 11 is 0. The van der Waals surface area contributed by atoms with E-state index in [-0.39, 0.29) is 10.9 Å². The van der Waals surface area contributed by atoms with Crippen molar-refractivity contribution >= 4 is 16.0 Å². The molecule has 2 heterocycles. The van der Waals surface area contributed by atoms with Gasteiger partial charge in [-0.1, -0.05) is 0 Å². The first kappa shape index (κ1) is 15.9. The van der Waals surface area contributed by atoms with Gasteiger partial charge in [-0.05, 0) is 19.8 Å². The second-order valence-corrected chi connectivity index (χ2v) is 7.03. The van der Waals surface area contributed by atoms with Crippen molar-refractivity contribution in [3.63, 3.8) is 0 Å². The van der Waals surface area contributed by atoms with E-state index in [1.165, 1.54) is 26.4 Å². The first-order valence-electron chi connectivity index (χ1n) is 6.66. The van der Waals surface area contributed by atoms with Gasteiger partial charge in [0.2, 0.25) is 10.0 Å². The maximum absolute atomic E-state index is 12.4. The zero-order valence-electron chi connectivity index (χ0n) is 12.0. The Morgan fingerprint density at radius 1 is 1.52 bits per heavy atom. The monoisotopic (exact) mass is 317 g/mol. The van der Waals surface area contributed by atoms with E-state index in [4.69, 9.17) is 9.84 Å². The Kier molecular flexibility index (Phi) is 4.64. The van der Waals surface area contributed by atoms with Crippen molar-refractivity contribution in [2.45, 2.75) is 36.7 Å². The molecule has 0 aliphatic carbocycles. The summed E-state index contributed by atoms with van der Waals surface area (Å²) in [5.74, 6) is -1.20. The summed E-state index contributed by atoms with van der Waals surface area (Å²) in [6, 6.07) is -1.02. The van der Waals surface area contributed by atoms with Crippen LogP contribution in [0.4, 0.5) is 0 Å². The third-order valence-corrected chi connectivity index (χ3v) is 5.60. The molecule has 0 bridgehead atoms. The van der Waals surface area contributed by atoms with Crippen molar-refractivity contribution in [3.8, 4) is 0 Å². The molecular formula is C12H19N3O5S. The van der Waals surface area contributed by atoms with E-state index in [0.717, 1.165) is 17.1 Å². The van der Waals surface area contributed by atoms with E-state index < -0.39 is 22.0 Å². The maximum Gasteiger partial charge on any atom is 0.321 e. The topological polar surface area (TPSA) is 102 Å². The number of ether oxygens (including phenoxy) is 1. The largest absolute Gasteiger partial charge is 0.480 e. The van der Waals surface area contributed by atoms with Gasteiger partial charge in [0.25, 0.3) is 0 Å². The predicted octanol–water partition coefficient (Wildman–Crippen LogP) is 0.328.